The summed E-state index contributed by atoms with van der Waals surface area (Å²) in [5, 5.41) is 76.5. The van der Waals surface area contributed by atoms with Crippen LogP contribution < -0.4 is 0 Å². The normalized spacial score (nSPS) is 43.4. The van der Waals surface area contributed by atoms with Gasteiger partial charge in [-0.05, 0) is 12.6 Å². The maximum Gasteiger partial charge on any atom is 0.226 e. The van der Waals surface area contributed by atoms with Crippen molar-refractivity contribution in [1.29, 1.82) is 0 Å². The molecule has 3 aliphatic heterocycles. The first-order valence-electron chi connectivity index (χ1n) is 9.84. The van der Waals surface area contributed by atoms with Gasteiger partial charge in [0.25, 0.3) is 0 Å². The zero-order valence-electron chi connectivity index (χ0n) is 16.8. The number of carbonyl (C=O) groups excluding carboxylic acids is 1. The number of rotatable bonds is 5. The van der Waals surface area contributed by atoms with Crippen molar-refractivity contribution in [2.75, 3.05) is 19.8 Å². The molecule has 3 heterocycles. The van der Waals surface area contributed by atoms with E-state index < -0.39 is 74.6 Å². The van der Waals surface area contributed by atoms with Gasteiger partial charge in [0.2, 0.25) is 5.91 Å². The minimum absolute atomic E-state index is 0.208. The summed E-state index contributed by atoms with van der Waals surface area (Å²) in [7, 11) is 0. The first kappa shape index (κ1) is 26.0. The SMILES string of the molecule is C=CN1CCCC1=O.OC[C@H]1O[C@@H](O[C@@H]2[C@@H](O)[C@@H](O)[C@@H](O)O[C@@H]2CO)[C@H](O)[C@@H](O)[C@@H]1O. The first-order chi connectivity index (χ1) is 14.7. The molecular formula is C18H31NO12. The summed E-state index contributed by atoms with van der Waals surface area (Å²) < 4.78 is 15.3. The number of amides is 1. The molecule has 1 amide bonds. The Bertz CT molecular complexity index is 590. The van der Waals surface area contributed by atoms with Crippen LogP contribution in [0, 0.1) is 0 Å². The average molecular weight is 453 g/mol. The molecule has 8 N–H and O–H groups in total. The topological polar surface area (TPSA) is 210 Å². The molecule has 13 heteroatoms. The molecule has 0 aromatic rings. The van der Waals surface area contributed by atoms with Crippen molar-refractivity contribution in [3.63, 3.8) is 0 Å². The summed E-state index contributed by atoms with van der Waals surface area (Å²) in [6, 6.07) is 0. The Morgan fingerprint density at radius 3 is 2.06 bits per heavy atom. The van der Waals surface area contributed by atoms with Crippen LogP contribution >= 0.6 is 0 Å². The lowest BCUT2D eigenvalue weighted by atomic mass is 9.97. The Morgan fingerprint density at radius 1 is 0.935 bits per heavy atom. The highest BCUT2D eigenvalue weighted by Crippen LogP contribution is 2.28. The van der Waals surface area contributed by atoms with E-state index in [0.717, 1.165) is 13.0 Å². The highest BCUT2D eigenvalue weighted by molar-refractivity contribution is 5.78. The van der Waals surface area contributed by atoms with Crippen LogP contribution in [-0.2, 0) is 19.0 Å². The van der Waals surface area contributed by atoms with E-state index in [1.54, 1.807) is 11.1 Å². The van der Waals surface area contributed by atoms with Crippen LogP contribution in [0.15, 0.2) is 12.8 Å². The summed E-state index contributed by atoms with van der Waals surface area (Å²) in [5.74, 6) is 0.208. The Kier molecular flexibility index (Phi) is 9.72. The van der Waals surface area contributed by atoms with Gasteiger partial charge in [0.1, 0.15) is 48.8 Å². The number of likely N-dealkylation sites (tertiary alicyclic amines) is 1. The van der Waals surface area contributed by atoms with E-state index in [-0.39, 0.29) is 5.91 Å². The van der Waals surface area contributed by atoms with Gasteiger partial charge in [-0.3, -0.25) is 4.79 Å². The minimum atomic E-state index is -1.74. The number of ether oxygens (including phenoxy) is 3. The quantitative estimate of drug-likeness (QED) is 0.198. The Balaban J connectivity index is 0.000000357. The van der Waals surface area contributed by atoms with Gasteiger partial charge in [0.15, 0.2) is 12.6 Å². The van der Waals surface area contributed by atoms with E-state index in [9.17, 15) is 40.5 Å². The zero-order chi connectivity index (χ0) is 23.3. The van der Waals surface area contributed by atoms with Gasteiger partial charge in [-0.2, -0.15) is 0 Å². The number of carbonyl (C=O) groups is 1. The fourth-order valence-corrected chi connectivity index (χ4v) is 3.43. The van der Waals surface area contributed by atoms with Gasteiger partial charge in [0.05, 0.1) is 13.2 Å². The van der Waals surface area contributed by atoms with Crippen molar-refractivity contribution in [2.24, 2.45) is 0 Å². The smallest absolute Gasteiger partial charge is 0.226 e. The summed E-state index contributed by atoms with van der Waals surface area (Å²) in [4.78, 5) is 12.3. The predicted molar refractivity (Wildman–Crippen MR) is 99.8 cm³/mol. The molecule has 3 fully saturated rings. The van der Waals surface area contributed by atoms with Crippen LogP contribution in [0.4, 0.5) is 0 Å². The lowest BCUT2D eigenvalue weighted by Crippen LogP contribution is -2.64. The van der Waals surface area contributed by atoms with E-state index in [0.29, 0.717) is 6.42 Å². The number of nitrogens with zero attached hydrogens (tertiary/aromatic N) is 1. The summed E-state index contributed by atoms with van der Waals surface area (Å²) in [6.07, 6.45) is -12.3. The van der Waals surface area contributed by atoms with Crippen LogP contribution in [0.5, 0.6) is 0 Å². The predicted octanol–water partition coefficient (Wildman–Crippen LogP) is -4.64. The van der Waals surface area contributed by atoms with E-state index in [1.165, 1.54) is 0 Å². The van der Waals surface area contributed by atoms with Crippen LogP contribution in [0.3, 0.4) is 0 Å². The van der Waals surface area contributed by atoms with Crippen molar-refractivity contribution >= 4 is 5.91 Å². The number of aliphatic hydroxyl groups excluding tert-OH is 8. The first-order valence-corrected chi connectivity index (χ1v) is 9.84. The lowest BCUT2D eigenvalue weighted by Gasteiger charge is -2.45. The fourth-order valence-electron chi connectivity index (χ4n) is 3.43. The Hall–Kier alpha value is -1.23. The number of hydrogen-bond donors (Lipinski definition) is 8. The molecular weight excluding hydrogens is 422 g/mol. The lowest BCUT2D eigenvalue weighted by molar-refractivity contribution is -0.355. The molecule has 0 radical (unpaired) electrons. The van der Waals surface area contributed by atoms with E-state index >= 15 is 0 Å². The summed E-state index contributed by atoms with van der Waals surface area (Å²) in [5.41, 5.74) is 0. The third kappa shape index (κ3) is 5.97. The molecule has 0 bridgehead atoms. The molecule has 0 spiro atoms. The molecule has 3 aliphatic rings. The third-order valence-corrected chi connectivity index (χ3v) is 5.31. The molecule has 0 aromatic carbocycles. The minimum Gasteiger partial charge on any atom is -0.394 e. The standard InChI is InChI=1S/C12H22O11.C6H9NO/c13-1-3-5(15)6(16)9(19)12(22-3)23-10-4(2-14)21-11(20)8(18)7(10)17;1-2-7-5-3-4-6(7)8/h3-20H,1-2H2;2H,1,3-5H2/t3-,4-,5-,6+,7+,8-,9-,10+,11+,12+;/m1./s1. The molecule has 180 valence electrons. The van der Waals surface area contributed by atoms with Crippen molar-refractivity contribution in [1.82, 2.24) is 4.90 Å². The largest absolute Gasteiger partial charge is 0.394 e. The van der Waals surface area contributed by atoms with Crippen LogP contribution in [0.2, 0.25) is 0 Å². The highest BCUT2D eigenvalue weighted by Gasteiger charge is 2.50. The number of aliphatic hydroxyl groups is 8. The van der Waals surface area contributed by atoms with Crippen LogP contribution in [0.25, 0.3) is 0 Å². The summed E-state index contributed by atoms with van der Waals surface area (Å²) >= 11 is 0. The molecule has 0 unspecified atom stereocenters. The zero-order valence-corrected chi connectivity index (χ0v) is 16.8. The molecule has 13 nitrogen and oxygen atoms in total. The van der Waals surface area contributed by atoms with E-state index in [1.807, 2.05) is 0 Å². The number of hydrogen-bond acceptors (Lipinski definition) is 12. The van der Waals surface area contributed by atoms with Crippen LogP contribution in [-0.4, -0.2) is 133 Å². The van der Waals surface area contributed by atoms with Gasteiger partial charge in [-0.25, -0.2) is 0 Å². The van der Waals surface area contributed by atoms with Crippen molar-refractivity contribution < 1.29 is 59.9 Å². The van der Waals surface area contributed by atoms with Crippen molar-refractivity contribution in [2.45, 2.75) is 74.3 Å². The third-order valence-electron chi connectivity index (χ3n) is 5.31. The fraction of sp³-hybridized carbons (Fsp3) is 0.833. The maximum absolute atomic E-state index is 10.7. The molecule has 0 aliphatic carbocycles. The molecule has 0 saturated carbocycles. The molecule has 3 rings (SSSR count). The van der Waals surface area contributed by atoms with Crippen molar-refractivity contribution in [3.05, 3.63) is 12.8 Å². The van der Waals surface area contributed by atoms with E-state index in [2.05, 4.69) is 6.58 Å². The maximum atomic E-state index is 10.7. The average Bonchev–Trinajstić information content (AvgIpc) is 3.19. The molecule has 0 aromatic heterocycles. The van der Waals surface area contributed by atoms with Gasteiger partial charge >= 0.3 is 0 Å². The Labute approximate surface area is 178 Å². The second kappa shape index (κ2) is 11.6. The second-order valence-corrected chi connectivity index (χ2v) is 7.40. The molecule has 10 atom stereocenters. The van der Waals surface area contributed by atoms with Gasteiger partial charge in [-0.15, -0.1) is 0 Å². The van der Waals surface area contributed by atoms with Crippen molar-refractivity contribution in [3.8, 4) is 0 Å². The van der Waals surface area contributed by atoms with Crippen LogP contribution in [0.1, 0.15) is 12.8 Å². The molecule has 31 heavy (non-hydrogen) atoms. The summed E-state index contributed by atoms with van der Waals surface area (Å²) in [6.45, 7) is 3.02. The highest BCUT2D eigenvalue weighted by atomic mass is 16.7. The monoisotopic (exact) mass is 453 g/mol. The second-order valence-electron chi connectivity index (χ2n) is 7.40. The Morgan fingerprint density at radius 2 is 1.58 bits per heavy atom. The van der Waals surface area contributed by atoms with Gasteiger partial charge < -0.3 is 60.0 Å². The van der Waals surface area contributed by atoms with Gasteiger partial charge in [0, 0.05) is 13.0 Å². The van der Waals surface area contributed by atoms with E-state index in [4.69, 9.17) is 19.3 Å². The molecule has 3 saturated heterocycles. The van der Waals surface area contributed by atoms with Gasteiger partial charge in [-0.1, -0.05) is 6.58 Å².